The van der Waals surface area contributed by atoms with Gasteiger partial charge in [0.05, 0.1) is 22.2 Å². The Morgan fingerprint density at radius 3 is 2.95 bits per heavy atom. The number of rotatable bonds is 4. The quantitative estimate of drug-likeness (QED) is 0.841. The van der Waals surface area contributed by atoms with Crippen molar-refractivity contribution in [1.29, 1.82) is 0 Å². The molecule has 0 spiro atoms. The second-order valence-electron chi connectivity index (χ2n) is 5.49. The number of anilines is 1. The third kappa shape index (κ3) is 3.90. The fraction of sp³-hybridized carbons (Fsp3) is 0.533. The van der Waals surface area contributed by atoms with E-state index in [1.165, 1.54) is 0 Å². The Labute approximate surface area is 138 Å². The molecule has 0 saturated carbocycles. The van der Waals surface area contributed by atoms with Crippen molar-refractivity contribution in [3.8, 4) is 5.75 Å². The van der Waals surface area contributed by atoms with Gasteiger partial charge in [-0.15, -0.1) is 0 Å². The number of carbonyl (C=O) groups is 1. The van der Waals surface area contributed by atoms with Crippen LogP contribution in [0, 0.1) is 5.41 Å². The molecule has 1 aliphatic rings. The lowest BCUT2D eigenvalue weighted by atomic mass is 9.82. The molecule has 1 aromatic carbocycles. The van der Waals surface area contributed by atoms with Gasteiger partial charge in [0.2, 0.25) is 5.91 Å². The normalized spacial score (nSPS) is 21.9. The van der Waals surface area contributed by atoms with E-state index in [9.17, 15) is 4.79 Å². The SMILES string of the molecule is CCOc1c(Br)cc(Cl)cc1NC(=O)C1(C)CCCNC1. The van der Waals surface area contributed by atoms with Gasteiger partial charge >= 0.3 is 0 Å². The third-order valence-electron chi connectivity index (χ3n) is 3.69. The minimum absolute atomic E-state index is 0.00943. The van der Waals surface area contributed by atoms with E-state index >= 15 is 0 Å². The first-order valence-corrected chi connectivity index (χ1v) is 8.27. The fourth-order valence-electron chi connectivity index (χ4n) is 2.47. The molecule has 1 heterocycles. The molecule has 2 rings (SSSR count). The van der Waals surface area contributed by atoms with Crippen molar-refractivity contribution < 1.29 is 9.53 Å². The lowest BCUT2D eigenvalue weighted by Gasteiger charge is -2.32. The van der Waals surface area contributed by atoms with Gasteiger partial charge in [0.1, 0.15) is 0 Å². The summed E-state index contributed by atoms with van der Waals surface area (Å²) in [6, 6.07) is 3.47. The molecule has 1 aliphatic heterocycles. The number of hydrogen-bond acceptors (Lipinski definition) is 3. The third-order valence-corrected chi connectivity index (χ3v) is 4.50. The van der Waals surface area contributed by atoms with Gasteiger partial charge in [-0.25, -0.2) is 0 Å². The van der Waals surface area contributed by atoms with Crippen molar-refractivity contribution >= 4 is 39.1 Å². The molecule has 2 N–H and O–H groups in total. The van der Waals surface area contributed by atoms with Crippen LogP contribution in [0.25, 0.3) is 0 Å². The number of hydrogen-bond donors (Lipinski definition) is 2. The van der Waals surface area contributed by atoms with E-state index in [4.69, 9.17) is 16.3 Å². The molecule has 1 amide bonds. The highest BCUT2D eigenvalue weighted by atomic mass is 79.9. The summed E-state index contributed by atoms with van der Waals surface area (Å²) >= 11 is 9.50. The fourth-order valence-corrected chi connectivity index (χ4v) is 3.39. The van der Waals surface area contributed by atoms with Crippen LogP contribution in [0.4, 0.5) is 5.69 Å². The van der Waals surface area contributed by atoms with E-state index in [1.54, 1.807) is 12.1 Å². The Hall–Kier alpha value is -0.780. The molecule has 116 valence electrons. The molecule has 0 radical (unpaired) electrons. The molecule has 0 bridgehead atoms. The van der Waals surface area contributed by atoms with E-state index in [-0.39, 0.29) is 5.91 Å². The van der Waals surface area contributed by atoms with Gasteiger partial charge in [0.15, 0.2) is 5.75 Å². The summed E-state index contributed by atoms with van der Waals surface area (Å²) in [6.07, 6.45) is 1.87. The average molecular weight is 376 g/mol. The number of piperidine rings is 1. The molecular formula is C15H20BrClN2O2. The molecule has 6 heteroatoms. The molecule has 4 nitrogen and oxygen atoms in total. The van der Waals surface area contributed by atoms with Crippen LogP contribution in [-0.2, 0) is 4.79 Å². The molecule has 1 aromatic rings. The van der Waals surface area contributed by atoms with Gasteiger partial charge in [-0.1, -0.05) is 11.6 Å². The van der Waals surface area contributed by atoms with Crippen LogP contribution >= 0.6 is 27.5 Å². The predicted octanol–water partition coefficient (Wildman–Crippen LogP) is 3.83. The zero-order valence-electron chi connectivity index (χ0n) is 12.3. The van der Waals surface area contributed by atoms with Crippen LogP contribution < -0.4 is 15.4 Å². The highest BCUT2D eigenvalue weighted by Crippen LogP contribution is 2.38. The average Bonchev–Trinajstić information content (AvgIpc) is 2.43. The van der Waals surface area contributed by atoms with Crippen molar-refractivity contribution in [3.63, 3.8) is 0 Å². The minimum atomic E-state index is -0.406. The minimum Gasteiger partial charge on any atom is -0.491 e. The predicted molar refractivity (Wildman–Crippen MR) is 89.2 cm³/mol. The topological polar surface area (TPSA) is 50.4 Å². The molecule has 1 fully saturated rings. The molecule has 1 atom stereocenters. The number of nitrogens with one attached hydrogen (secondary N) is 2. The lowest BCUT2D eigenvalue weighted by Crippen LogP contribution is -2.46. The smallest absolute Gasteiger partial charge is 0.231 e. The second kappa shape index (κ2) is 6.99. The maximum Gasteiger partial charge on any atom is 0.231 e. The van der Waals surface area contributed by atoms with Gasteiger partial charge in [-0.2, -0.15) is 0 Å². The van der Waals surface area contributed by atoms with Gasteiger partial charge < -0.3 is 15.4 Å². The Bertz CT molecular complexity index is 531. The number of halogens is 2. The van der Waals surface area contributed by atoms with Crippen molar-refractivity contribution in [2.75, 3.05) is 25.0 Å². The molecule has 1 saturated heterocycles. The summed E-state index contributed by atoms with van der Waals surface area (Å²) in [5, 5.41) is 6.79. The Kier molecular flexibility index (Phi) is 5.52. The van der Waals surface area contributed by atoms with E-state index < -0.39 is 5.41 Å². The molecule has 0 aliphatic carbocycles. The summed E-state index contributed by atoms with van der Waals surface area (Å²) in [5.74, 6) is 0.604. The lowest BCUT2D eigenvalue weighted by molar-refractivity contribution is -0.125. The first-order chi connectivity index (χ1) is 9.96. The zero-order chi connectivity index (χ0) is 15.5. The summed E-state index contributed by atoms with van der Waals surface area (Å²) < 4.78 is 6.34. The van der Waals surface area contributed by atoms with E-state index in [0.717, 1.165) is 23.9 Å². The number of amides is 1. The first-order valence-electron chi connectivity index (χ1n) is 7.10. The number of carbonyl (C=O) groups excluding carboxylic acids is 1. The standard InChI is InChI=1S/C15H20BrClN2O2/c1-3-21-13-11(16)7-10(17)8-12(13)19-14(20)15(2)5-4-6-18-9-15/h7-8,18H,3-6,9H2,1-2H3,(H,19,20). The molecule has 0 aromatic heterocycles. The van der Waals surface area contributed by atoms with Crippen LogP contribution in [0.5, 0.6) is 5.75 Å². The maximum atomic E-state index is 12.6. The van der Waals surface area contributed by atoms with Crippen molar-refractivity contribution in [2.24, 2.45) is 5.41 Å². The first kappa shape index (κ1) is 16.6. The van der Waals surface area contributed by atoms with Crippen molar-refractivity contribution in [1.82, 2.24) is 5.32 Å². The van der Waals surface area contributed by atoms with Crippen LogP contribution in [0.3, 0.4) is 0 Å². The summed E-state index contributed by atoms with van der Waals surface area (Å²) in [6.45, 7) is 6.05. The number of benzene rings is 1. The summed E-state index contributed by atoms with van der Waals surface area (Å²) in [5.41, 5.74) is 0.198. The van der Waals surface area contributed by atoms with Gasteiger partial charge in [-0.3, -0.25) is 4.79 Å². The van der Waals surface area contributed by atoms with E-state index in [2.05, 4.69) is 26.6 Å². The second-order valence-corrected chi connectivity index (χ2v) is 6.78. The largest absolute Gasteiger partial charge is 0.491 e. The highest BCUT2D eigenvalue weighted by Gasteiger charge is 2.35. The Balaban J connectivity index is 2.23. The van der Waals surface area contributed by atoms with Gasteiger partial charge in [0, 0.05) is 11.6 Å². The highest BCUT2D eigenvalue weighted by molar-refractivity contribution is 9.10. The number of ether oxygens (including phenoxy) is 1. The van der Waals surface area contributed by atoms with Crippen LogP contribution in [0.15, 0.2) is 16.6 Å². The molecule has 21 heavy (non-hydrogen) atoms. The summed E-state index contributed by atoms with van der Waals surface area (Å²) in [4.78, 5) is 12.6. The Morgan fingerprint density at radius 1 is 1.57 bits per heavy atom. The van der Waals surface area contributed by atoms with Crippen molar-refractivity contribution in [2.45, 2.75) is 26.7 Å². The van der Waals surface area contributed by atoms with E-state index in [0.29, 0.717) is 29.6 Å². The van der Waals surface area contributed by atoms with Crippen LogP contribution in [0.2, 0.25) is 5.02 Å². The molecule has 1 unspecified atom stereocenters. The van der Waals surface area contributed by atoms with Crippen molar-refractivity contribution in [3.05, 3.63) is 21.6 Å². The van der Waals surface area contributed by atoms with Crippen LogP contribution in [0.1, 0.15) is 26.7 Å². The summed E-state index contributed by atoms with van der Waals surface area (Å²) in [7, 11) is 0. The van der Waals surface area contributed by atoms with Gasteiger partial charge in [0.25, 0.3) is 0 Å². The van der Waals surface area contributed by atoms with E-state index in [1.807, 2.05) is 13.8 Å². The molecular weight excluding hydrogens is 356 g/mol. The monoisotopic (exact) mass is 374 g/mol. The zero-order valence-corrected chi connectivity index (χ0v) is 14.6. The van der Waals surface area contributed by atoms with Gasteiger partial charge in [-0.05, 0) is 61.3 Å². The maximum absolute atomic E-state index is 12.6. The van der Waals surface area contributed by atoms with Crippen LogP contribution in [-0.4, -0.2) is 25.6 Å². The Morgan fingerprint density at radius 2 is 2.33 bits per heavy atom.